The molecule has 1 aromatic carbocycles. The number of aliphatic carboxylic acids is 1. The van der Waals surface area contributed by atoms with Crippen LogP contribution in [-0.4, -0.2) is 34.4 Å². The molecule has 0 aromatic heterocycles. The summed E-state index contributed by atoms with van der Waals surface area (Å²) in [5.41, 5.74) is 0.818. The Morgan fingerprint density at radius 1 is 1.33 bits per heavy atom. The lowest BCUT2D eigenvalue weighted by Crippen LogP contribution is -2.47. The minimum atomic E-state index is -1.82. The van der Waals surface area contributed by atoms with Crippen LogP contribution in [0, 0.1) is 0 Å². The zero-order valence-electron chi connectivity index (χ0n) is 8.00. The highest BCUT2D eigenvalue weighted by Gasteiger charge is 2.22. The van der Waals surface area contributed by atoms with Crippen LogP contribution in [0.2, 0.25) is 0 Å². The van der Waals surface area contributed by atoms with Gasteiger partial charge in [0.2, 0.25) is 0 Å². The maximum Gasteiger partial charge on any atom is 0.549 e. The fourth-order valence-corrected chi connectivity index (χ4v) is 1.25. The van der Waals surface area contributed by atoms with Gasteiger partial charge < -0.3 is 15.2 Å². The van der Waals surface area contributed by atoms with E-state index in [1.807, 2.05) is 6.07 Å². The van der Waals surface area contributed by atoms with Crippen LogP contribution in [0.4, 0.5) is 0 Å². The van der Waals surface area contributed by atoms with E-state index in [4.69, 9.17) is 15.2 Å². The second-order valence-corrected chi connectivity index (χ2v) is 3.12. The van der Waals surface area contributed by atoms with Gasteiger partial charge in [0.25, 0.3) is 0 Å². The van der Waals surface area contributed by atoms with E-state index < -0.39 is 19.3 Å². The lowest BCUT2D eigenvalue weighted by molar-refractivity contribution is -0.139. The lowest BCUT2D eigenvalue weighted by Gasteiger charge is -2.13. The van der Waals surface area contributed by atoms with Crippen molar-refractivity contribution in [2.75, 3.05) is 0 Å². The summed E-state index contributed by atoms with van der Waals surface area (Å²) in [6.07, 6.45) is 0.202. The first-order chi connectivity index (χ1) is 7.09. The Morgan fingerprint density at radius 3 is 2.40 bits per heavy atom. The summed E-state index contributed by atoms with van der Waals surface area (Å²) in [6, 6.07) is 7.97. The van der Waals surface area contributed by atoms with Crippen LogP contribution in [0.5, 0.6) is 0 Å². The SMILES string of the molecule is O=C(O)C(Cc1ccccc1)N[10B](O)O. The van der Waals surface area contributed by atoms with Crippen molar-refractivity contribution in [3.8, 4) is 0 Å². The molecule has 0 saturated heterocycles. The minimum absolute atomic E-state index is 0.202. The molecule has 15 heavy (non-hydrogen) atoms. The van der Waals surface area contributed by atoms with Crippen molar-refractivity contribution in [2.45, 2.75) is 12.5 Å². The Kier molecular flexibility index (Phi) is 4.29. The van der Waals surface area contributed by atoms with Gasteiger partial charge >= 0.3 is 13.2 Å². The fourth-order valence-electron chi connectivity index (χ4n) is 1.25. The summed E-state index contributed by atoms with van der Waals surface area (Å²) in [5, 5.41) is 28.2. The third-order valence-electron chi connectivity index (χ3n) is 1.93. The van der Waals surface area contributed by atoms with Gasteiger partial charge in [-0.05, 0) is 12.0 Å². The van der Waals surface area contributed by atoms with Gasteiger partial charge in [-0.25, -0.2) is 0 Å². The summed E-state index contributed by atoms with van der Waals surface area (Å²) in [7, 11) is -1.82. The average Bonchev–Trinajstić information content (AvgIpc) is 2.17. The van der Waals surface area contributed by atoms with Gasteiger partial charge in [-0.2, -0.15) is 0 Å². The van der Waals surface area contributed by atoms with E-state index in [1.54, 1.807) is 24.3 Å². The molecule has 0 spiro atoms. The summed E-state index contributed by atoms with van der Waals surface area (Å²) in [5.74, 6) is -1.12. The molecule has 4 N–H and O–H groups in total. The molecule has 1 unspecified atom stereocenters. The number of hydrogen-bond donors (Lipinski definition) is 4. The molecule has 0 aliphatic rings. The van der Waals surface area contributed by atoms with Gasteiger partial charge in [0, 0.05) is 0 Å². The third kappa shape index (κ3) is 4.12. The monoisotopic (exact) mass is 208 g/mol. The average molecular weight is 208 g/mol. The van der Waals surface area contributed by atoms with Crippen molar-refractivity contribution in [1.82, 2.24) is 5.23 Å². The van der Waals surface area contributed by atoms with Gasteiger partial charge in [0.05, 0.1) is 0 Å². The van der Waals surface area contributed by atoms with Crippen LogP contribution in [0.1, 0.15) is 5.56 Å². The van der Waals surface area contributed by atoms with E-state index in [-0.39, 0.29) is 6.42 Å². The number of nitrogens with one attached hydrogen (secondary N) is 1. The Hall–Kier alpha value is -1.37. The van der Waals surface area contributed by atoms with Crippen molar-refractivity contribution < 1.29 is 19.9 Å². The molecule has 0 radical (unpaired) electrons. The van der Waals surface area contributed by atoms with Crippen molar-refractivity contribution in [2.24, 2.45) is 0 Å². The van der Waals surface area contributed by atoms with Crippen LogP contribution >= 0.6 is 0 Å². The van der Waals surface area contributed by atoms with Crippen molar-refractivity contribution in [1.29, 1.82) is 0 Å². The number of carbonyl (C=O) groups is 1. The van der Waals surface area contributed by atoms with E-state index >= 15 is 0 Å². The fraction of sp³-hybridized carbons (Fsp3) is 0.222. The van der Waals surface area contributed by atoms with E-state index in [9.17, 15) is 4.79 Å². The highest BCUT2D eigenvalue weighted by Crippen LogP contribution is 2.03. The molecule has 0 aliphatic carbocycles. The molecule has 0 amide bonds. The second-order valence-electron chi connectivity index (χ2n) is 3.12. The first-order valence-electron chi connectivity index (χ1n) is 4.48. The van der Waals surface area contributed by atoms with Crippen LogP contribution in [0.15, 0.2) is 30.3 Å². The Bertz CT molecular complexity index is 317. The van der Waals surface area contributed by atoms with Crippen LogP contribution in [0.3, 0.4) is 0 Å². The zero-order chi connectivity index (χ0) is 11.3. The molecule has 1 atom stereocenters. The van der Waals surface area contributed by atoms with Gasteiger partial charge in [0.1, 0.15) is 6.04 Å². The van der Waals surface area contributed by atoms with E-state index in [0.717, 1.165) is 5.56 Å². The van der Waals surface area contributed by atoms with Crippen LogP contribution in [0.25, 0.3) is 0 Å². The molecule has 80 valence electrons. The number of carboxylic acids is 1. The molecule has 0 fully saturated rings. The molecule has 0 aliphatic heterocycles. The summed E-state index contributed by atoms with van der Waals surface area (Å²) in [4.78, 5) is 10.8. The Labute approximate surface area is 87.5 Å². The number of hydrogen-bond acceptors (Lipinski definition) is 4. The number of carboxylic acid groups (broad SMARTS) is 1. The van der Waals surface area contributed by atoms with E-state index in [1.165, 1.54) is 0 Å². The molecule has 1 aromatic rings. The summed E-state index contributed by atoms with van der Waals surface area (Å²) < 4.78 is 0. The molecule has 1 rings (SSSR count). The van der Waals surface area contributed by atoms with Gasteiger partial charge in [-0.15, -0.1) is 0 Å². The number of rotatable bonds is 5. The van der Waals surface area contributed by atoms with E-state index in [0.29, 0.717) is 0 Å². The summed E-state index contributed by atoms with van der Waals surface area (Å²) in [6.45, 7) is 0. The number of benzene rings is 1. The maximum atomic E-state index is 10.8. The normalized spacial score (nSPS) is 12.1. The minimum Gasteiger partial charge on any atom is -0.480 e. The molecule has 6 heteroatoms. The molecule has 0 bridgehead atoms. The Morgan fingerprint density at radius 2 is 1.93 bits per heavy atom. The van der Waals surface area contributed by atoms with Crippen molar-refractivity contribution in [3.05, 3.63) is 35.9 Å². The topological polar surface area (TPSA) is 89.8 Å². The standard InChI is InChI=1S/C9H12BNO4/c12-9(13)8(11-10(14)15)6-7-4-2-1-3-5-7/h1-5,8,11,14-15H,6H2,(H,12,13)/i10-1. The molecular formula is C9H12BNO4. The molecule has 0 saturated carbocycles. The van der Waals surface area contributed by atoms with Gasteiger partial charge in [-0.3, -0.25) is 10.0 Å². The zero-order valence-corrected chi connectivity index (χ0v) is 8.00. The highest BCUT2D eigenvalue weighted by molar-refractivity contribution is 6.38. The molecular weight excluding hydrogens is 196 g/mol. The maximum absolute atomic E-state index is 10.8. The van der Waals surface area contributed by atoms with Crippen molar-refractivity contribution in [3.63, 3.8) is 0 Å². The first-order valence-corrected chi connectivity index (χ1v) is 4.48. The predicted molar refractivity (Wildman–Crippen MR) is 54.9 cm³/mol. The van der Waals surface area contributed by atoms with Crippen molar-refractivity contribution >= 4 is 13.2 Å². The highest BCUT2D eigenvalue weighted by atomic mass is 16.4. The van der Waals surface area contributed by atoms with Gasteiger partial charge in [0.15, 0.2) is 0 Å². The predicted octanol–water partition coefficient (Wildman–Crippen LogP) is -0.759. The largest absolute Gasteiger partial charge is 0.549 e. The quantitative estimate of drug-likeness (QED) is 0.478. The third-order valence-corrected chi connectivity index (χ3v) is 1.93. The molecule has 0 heterocycles. The summed E-state index contributed by atoms with van der Waals surface area (Å²) >= 11 is 0. The second kappa shape index (κ2) is 5.50. The van der Waals surface area contributed by atoms with E-state index in [2.05, 4.69) is 5.23 Å². The van der Waals surface area contributed by atoms with Crippen LogP contribution < -0.4 is 5.23 Å². The van der Waals surface area contributed by atoms with Gasteiger partial charge in [-0.1, -0.05) is 30.3 Å². The first kappa shape index (κ1) is 11.7. The van der Waals surface area contributed by atoms with Crippen LogP contribution in [-0.2, 0) is 11.2 Å². The lowest BCUT2D eigenvalue weighted by atomic mass is 9.45. The molecule has 5 nitrogen and oxygen atoms in total. The Balaban J connectivity index is 2.63. The smallest absolute Gasteiger partial charge is 0.480 e.